The van der Waals surface area contributed by atoms with Crippen molar-refractivity contribution in [2.45, 2.75) is 45.4 Å². The van der Waals surface area contributed by atoms with Crippen LogP contribution in [0.2, 0.25) is 0 Å². The Morgan fingerprint density at radius 2 is 1.93 bits per heavy atom. The minimum atomic E-state index is 0.394. The quantitative estimate of drug-likeness (QED) is 0.639. The lowest BCUT2D eigenvalue weighted by molar-refractivity contribution is -0.118. The SMILES string of the molecule is CC(C)c1ccc2c(c1)CCCC(=O)C2. The minimum absolute atomic E-state index is 0.394. The Bertz CT molecular complexity index is 377. The molecule has 0 fully saturated rings. The maximum absolute atomic E-state index is 11.5. The maximum atomic E-state index is 11.5. The van der Waals surface area contributed by atoms with Crippen LogP contribution in [-0.2, 0) is 17.6 Å². The molecule has 1 nitrogen and oxygen atoms in total. The van der Waals surface area contributed by atoms with Crippen LogP contribution >= 0.6 is 0 Å². The van der Waals surface area contributed by atoms with Gasteiger partial charge in [-0.15, -0.1) is 0 Å². The van der Waals surface area contributed by atoms with Gasteiger partial charge in [0, 0.05) is 12.8 Å². The molecular formula is C14H18O. The molecule has 0 aliphatic heterocycles. The van der Waals surface area contributed by atoms with Gasteiger partial charge in [0.05, 0.1) is 0 Å². The number of rotatable bonds is 1. The summed E-state index contributed by atoms with van der Waals surface area (Å²) in [5.74, 6) is 0.973. The third-order valence-corrected chi connectivity index (χ3v) is 3.19. The van der Waals surface area contributed by atoms with Crippen molar-refractivity contribution in [1.82, 2.24) is 0 Å². The van der Waals surface area contributed by atoms with Gasteiger partial charge in [-0.2, -0.15) is 0 Å². The van der Waals surface area contributed by atoms with Crippen molar-refractivity contribution in [2.24, 2.45) is 0 Å². The molecular weight excluding hydrogens is 184 g/mol. The largest absolute Gasteiger partial charge is 0.299 e. The monoisotopic (exact) mass is 202 g/mol. The van der Waals surface area contributed by atoms with Crippen LogP contribution in [0.1, 0.15) is 49.3 Å². The number of benzene rings is 1. The molecule has 0 amide bonds. The fraction of sp³-hybridized carbons (Fsp3) is 0.500. The normalized spacial score (nSPS) is 16.3. The topological polar surface area (TPSA) is 17.1 Å². The van der Waals surface area contributed by atoms with Gasteiger partial charge < -0.3 is 0 Å². The van der Waals surface area contributed by atoms with Crippen LogP contribution < -0.4 is 0 Å². The zero-order chi connectivity index (χ0) is 10.8. The molecule has 0 spiro atoms. The van der Waals surface area contributed by atoms with Crippen molar-refractivity contribution in [3.05, 3.63) is 34.9 Å². The summed E-state index contributed by atoms with van der Waals surface area (Å²) in [6.45, 7) is 4.42. The number of carbonyl (C=O) groups excluding carboxylic acids is 1. The van der Waals surface area contributed by atoms with Gasteiger partial charge in [-0.1, -0.05) is 32.0 Å². The summed E-state index contributed by atoms with van der Waals surface area (Å²) in [4.78, 5) is 11.5. The second-order valence-electron chi connectivity index (χ2n) is 4.75. The van der Waals surface area contributed by atoms with Gasteiger partial charge in [0.15, 0.2) is 0 Å². The van der Waals surface area contributed by atoms with Gasteiger partial charge >= 0.3 is 0 Å². The molecule has 0 N–H and O–H groups in total. The minimum Gasteiger partial charge on any atom is -0.299 e. The molecule has 2 rings (SSSR count). The second kappa shape index (κ2) is 4.18. The van der Waals surface area contributed by atoms with Crippen molar-refractivity contribution in [2.75, 3.05) is 0 Å². The molecule has 15 heavy (non-hydrogen) atoms. The van der Waals surface area contributed by atoms with E-state index < -0.39 is 0 Å². The Hall–Kier alpha value is -1.11. The Morgan fingerprint density at radius 1 is 1.13 bits per heavy atom. The molecule has 1 heteroatoms. The zero-order valence-corrected chi connectivity index (χ0v) is 9.55. The predicted octanol–water partition coefficient (Wildman–Crippen LogP) is 3.26. The van der Waals surface area contributed by atoms with Crippen molar-refractivity contribution >= 4 is 5.78 Å². The predicted molar refractivity (Wildman–Crippen MR) is 62.2 cm³/mol. The number of fused-ring (bicyclic) bond motifs is 1. The summed E-state index contributed by atoms with van der Waals surface area (Å²) in [6, 6.07) is 6.61. The average Bonchev–Trinajstić information content (AvgIpc) is 2.37. The van der Waals surface area contributed by atoms with E-state index >= 15 is 0 Å². The molecule has 0 heterocycles. The molecule has 1 aromatic rings. The molecule has 0 bridgehead atoms. The number of hydrogen-bond donors (Lipinski definition) is 0. The van der Waals surface area contributed by atoms with E-state index in [0.29, 0.717) is 18.1 Å². The standard InChI is InChI=1S/C14H18O/c1-10(2)11-6-7-13-9-14(15)5-3-4-12(13)8-11/h6-8,10H,3-5,9H2,1-2H3. The number of carbonyl (C=O) groups is 1. The van der Waals surface area contributed by atoms with E-state index in [0.717, 1.165) is 19.3 Å². The van der Waals surface area contributed by atoms with Crippen molar-refractivity contribution in [3.63, 3.8) is 0 Å². The molecule has 0 radical (unpaired) electrons. The maximum Gasteiger partial charge on any atom is 0.137 e. The number of hydrogen-bond acceptors (Lipinski definition) is 1. The molecule has 0 unspecified atom stereocenters. The van der Waals surface area contributed by atoms with E-state index in [1.807, 2.05) is 0 Å². The van der Waals surface area contributed by atoms with E-state index in [9.17, 15) is 4.79 Å². The lowest BCUT2D eigenvalue weighted by Gasteiger charge is -2.10. The fourth-order valence-electron chi connectivity index (χ4n) is 2.19. The highest BCUT2D eigenvalue weighted by molar-refractivity contribution is 5.81. The van der Waals surface area contributed by atoms with Crippen LogP contribution in [0.25, 0.3) is 0 Å². The summed E-state index contributed by atoms with van der Waals surface area (Å²) >= 11 is 0. The van der Waals surface area contributed by atoms with Gasteiger partial charge in [-0.3, -0.25) is 4.79 Å². The van der Waals surface area contributed by atoms with E-state index in [-0.39, 0.29) is 0 Å². The number of Topliss-reactive ketones (excluding diaryl/α,β-unsaturated/α-hetero) is 1. The van der Waals surface area contributed by atoms with Gasteiger partial charge in [0.25, 0.3) is 0 Å². The number of aryl methyl sites for hydroxylation is 1. The van der Waals surface area contributed by atoms with E-state index in [4.69, 9.17) is 0 Å². The molecule has 0 atom stereocenters. The Morgan fingerprint density at radius 3 is 2.67 bits per heavy atom. The highest BCUT2D eigenvalue weighted by atomic mass is 16.1. The Kier molecular flexibility index (Phi) is 2.90. The van der Waals surface area contributed by atoms with Gasteiger partial charge in [-0.05, 0) is 35.4 Å². The first-order valence-corrected chi connectivity index (χ1v) is 5.80. The van der Waals surface area contributed by atoms with E-state index in [1.54, 1.807) is 0 Å². The number of ketones is 1. The molecule has 1 aliphatic carbocycles. The highest BCUT2D eigenvalue weighted by Crippen LogP contribution is 2.23. The first kappa shape index (κ1) is 10.4. The Labute approximate surface area is 91.5 Å². The lowest BCUT2D eigenvalue weighted by atomic mass is 9.95. The molecule has 0 saturated carbocycles. The zero-order valence-electron chi connectivity index (χ0n) is 9.55. The van der Waals surface area contributed by atoms with Gasteiger partial charge in [0.1, 0.15) is 5.78 Å². The lowest BCUT2D eigenvalue weighted by Crippen LogP contribution is -2.00. The summed E-state index contributed by atoms with van der Waals surface area (Å²) in [5.41, 5.74) is 4.04. The van der Waals surface area contributed by atoms with Crippen LogP contribution in [0.4, 0.5) is 0 Å². The highest BCUT2D eigenvalue weighted by Gasteiger charge is 2.14. The van der Waals surface area contributed by atoms with Crippen LogP contribution in [0.3, 0.4) is 0 Å². The first-order chi connectivity index (χ1) is 7.16. The average molecular weight is 202 g/mol. The van der Waals surface area contributed by atoms with E-state index in [2.05, 4.69) is 32.0 Å². The van der Waals surface area contributed by atoms with E-state index in [1.165, 1.54) is 16.7 Å². The van der Waals surface area contributed by atoms with Crippen molar-refractivity contribution in [3.8, 4) is 0 Å². The second-order valence-corrected chi connectivity index (χ2v) is 4.75. The van der Waals surface area contributed by atoms with Gasteiger partial charge in [-0.25, -0.2) is 0 Å². The van der Waals surface area contributed by atoms with Crippen molar-refractivity contribution in [1.29, 1.82) is 0 Å². The summed E-state index contributed by atoms with van der Waals surface area (Å²) in [5, 5.41) is 0. The van der Waals surface area contributed by atoms with Crippen LogP contribution in [0, 0.1) is 0 Å². The van der Waals surface area contributed by atoms with Crippen molar-refractivity contribution < 1.29 is 4.79 Å². The smallest absolute Gasteiger partial charge is 0.137 e. The van der Waals surface area contributed by atoms with Crippen LogP contribution in [0.15, 0.2) is 18.2 Å². The summed E-state index contributed by atoms with van der Waals surface area (Å²) < 4.78 is 0. The van der Waals surface area contributed by atoms with Gasteiger partial charge in [0.2, 0.25) is 0 Å². The third-order valence-electron chi connectivity index (χ3n) is 3.19. The summed E-state index contributed by atoms with van der Waals surface area (Å²) in [7, 11) is 0. The molecule has 0 aromatic heterocycles. The summed E-state index contributed by atoms with van der Waals surface area (Å²) in [6.07, 6.45) is 3.49. The molecule has 1 aromatic carbocycles. The molecule has 1 aliphatic rings. The fourth-order valence-corrected chi connectivity index (χ4v) is 2.19. The van der Waals surface area contributed by atoms with Crippen LogP contribution in [-0.4, -0.2) is 5.78 Å². The van der Waals surface area contributed by atoms with Crippen LogP contribution in [0.5, 0.6) is 0 Å². The first-order valence-electron chi connectivity index (χ1n) is 5.80. The third kappa shape index (κ3) is 2.28. The molecule has 80 valence electrons. The molecule has 0 saturated heterocycles. The Balaban J connectivity index is 2.35.